The minimum atomic E-state index is -0.864. The topological polar surface area (TPSA) is 70.1 Å². The van der Waals surface area contributed by atoms with Gasteiger partial charge in [0.2, 0.25) is 0 Å². The quantitative estimate of drug-likeness (QED) is 0.796. The van der Waals surface area contributed by atoms with Crippen LogP contribution in [0.4, 0.5) is 4.79 Å². The van der Waals surface area contributed by atoms with Crippen LogP contribution in [0.2, 0.25) is 0 Å². The molecular formula is C16H20N2O4. The molecule has 1 aromatic carbocycles. The fourth-order valence-corrected chi connectivity index (χ4v) is 3.00. The van der Waals surface area contributed by atoms with Gasteiger partial charge in [0, 0.05) is 6.54 Å². The molecule has 0 aliphatic carbocycles. The standard InChI is InChI=1S/C16H20N2O4/c19-13(11-22-10-12-5-2-1-3-6-12)9-18-15(20)14-7-4-8-17(14)16(18)21/h1-3,5-6,13-14,19H,4,7-11H2/t13-,14+/m0/s1. The highest BCUT2D eigenvalue weighted by atomic mass is 16.5. The van der Waals surface area contributed by atoms with Crippen molar-refractivity contribution in [3.8, 4) is 0 Å². The van der Waals surface area contributed by atoms with Gasteiger partial charge in [-0.15, -0.1) is 0 Å². The molecule has 0 aromatic heterocycles. The zero-order valence-corrected chi connectivity index (χ0v) is 12.4. The molecular weight excluding hydrogens is 284 g/mol. The van der Waals surface area contributed by atoms with Gasteiger partial charge in [0.1, 0.15) is 6.04 Å². The number of β-amino-alcohol motifs (C(OH)–C–C–N with tert-alkyl or cyclic N) is 1. The first-order valence-electron chi connectivity index (χ1n) is 7.58. The molecule has 0 spiro atoms. The maximum absolute atomic E-state index is 12.1. The van der Waals surface area contributed by atoms with Gasteiger partial charge in [-0.05, 0) is 18.4 Å². The summed E-state index contributed by atoms with van der Waals surface area (Å²) >= 11 is 0. The van der Waals surface area contributed by atoms with E-state index < -0.39 is 6.10 Å². The molecule has 0 unspecified atom stereocenters. The van der Waals surface area contributed by atoms with Crippen molar-refractivity contribution >= 4 is 11.9 Å². The van der Waals surface area contributed by atoms with Crippen LogP contribution in [-0.2, 0) is 16.1 Å². The van der Waals surface area contributed by atoms with Crippen LogP contribution in [0.1, 0.15) is 18.4 Å². The highest BCUT2D eigenvalue weighted by Gasteiger charge is 2.47. The van der Waals surface area contributed by atoms with E-state index in [9.17, 15) is 14.7 Å². The molecule has 6 heteroatoms. The number of urea groups is 1. The summed E-state index contributed by atoms with van der Waals surface area (Å²) in [6.07, 6.45) is 0.733. The van der Waals surface area contributed by atoms with Crippen molar-refractivity contribution in [1.82, 2.24) is 9.80 Å². The van der Waals surface area contributed by atoms with Gasteiger partial charge in [-0.3, -0.25) is 9.69 Å². The third kappa shape index (κ3) is 2.98. The Labute approximate surface area is 129 Å². The number of nitrogens with zero attached hydrogens (tertiary/aromatic N) is 2. The van der Waals surface area contributed by atoms with Crippen LogP contribution in [0.5, 0.6) is 0 Å². The van der Waals surface area contributed by atoms with Crippen LogP contribution >= 0.6 is 0 Å². The first-order valence-corrected chi connectivity index (χ1v) is 7.58. The third-order valence-corrected chi connectivity index (χ3v) is 4.10. The second-order valence-electron chi connectivity index (χ2n) is 5.74. The number of aliphatic hydroxyl groups excluding tert-OH is 1. The van der Waals surface area contributed by atoms with Gasteiger partial charge < -0.3 is 14.7 Å². The monoisotopic (exact) mass is 304 g/mol. The van der Waals surface area contributed by atoms with Gasteiger partial charge in [-0.2, -0.15) is 0 Å². The highest BCUT2D eigenvalue weighted by Crippen LogP contribution is 2.27. The maximum atomic E-state index is 12.1. The van der Waals surface area contributed by atoms with Crippen molar-refractivity contribution < 1.29 is 19.4 Å². The first kappa shape index (κ1) is 15.0. The minimum absolute atomic E-state index is 0.000539. The Morgan fingerprint density at radius 2 is 2.05 bits per heavy atom. The van der Waals surface area contributed by atoms with E-state index in [2.05, 4.69) is 0 Å². The number of hydrogen-bond donors (Lipinski definition) is 1. The summed E-state index contributed by atoms with van der Waals surface area (Å²) in [5.74, 6) is -0.190. The molecule has 118 valence electrons. The predicted molar refractivity (Wildman–Crippen MR) is 78.9 cm³/mol. The van der Waals surface area contributed by atoms with Crippen LogP contribution < -0.4 is 0 Å². The number of aliphatic hydroxyl groups is 1. The fraction of sp³-hybridized carbons (Fsp3) is 0.500. The van der Waals surface area contributed by atoms with E-state index >= 15 is 0 Å². The number of amides is 3. The van der Waals surface area contributed by atoms with E-state index in [1.165, 1.54) is 0 Å². The molecule has 2 aliphatic heterocycles. The number of carbonyl (C=O) groups excluding carboxylic acids is 2. The molecule has 3 rings (SSSR count). The lowest BCUT2D eigenvalue weighted by Gasteiger charge is -2.19. The van der Waals surface area contributed by atoms with Crippen molar-refractivity contribution in [3.63, 3.8) is 0 Å². The number of carbonyl (C=O) groups is 2. The average molecular weight is 304 g/mol. The molecule has 1 aromatic rings. The largest absolute Gasteiger partial charge is 0.389 e. The summed E-state index contributed by atoms with van der Waals surface area (Å²) in [7, 11) is 0. The van der Waals surface area contributed by atoms with Crippen molar-refractivity contribution in [3.05, 3.63) is 35.9 Å². The molecule has 3 amide bonds. The van der Waals surface area contributed by atoms with Crippen LogP contribution in [0.15, 0.2) is 30.3 Å². The van der Waals surface area contributed by atoms with E-state index in [4.69, 9.17) is 4.74 Å². The molecule has 2 saturated heterocycles. The lowest BCUT2D eigenvalue weighted by atomic mass is 10.2. The Balaban J connectivity index is 1.47. The molecule has 1 N–H and O–H groups in total. The van der Waals surface area contributed by atoms with E-state index in [0.29, 0.717) is 13.2 Å². The summed E-state index contributed by atoms with van der Waals surface area (Å²) in [4.78, 5) is 27.0. The average Bonchev–Trinajstić information content (AvgIpc) is 3.08. The number of rotatable bonds is 6. The lowest BCUT2D eigenvalue weighted by molar-refractivity contribution is -0.129. The number of benzene rings is 1. The van der Waals surface area contributed by atoms with E-state index in [1.54, 1.807) is 4.90 Å². The summed E-state index contributed by atoms with van der Waals surface area (Å²) in [6, 6.07) is 9.05. The van der Waals surface area contributed by atoms with Gasteiger partial charge in [-0.1, -0.05) is 30.3 Å². The molecule has 0 bridgehead atoms. The zero-order valence-electron chi connectivity index (χ0n) is 12.4. The molecule has 0 saturated carbocycles. The molecule has 2 atom stereocenters. The Bertz CT molecular complexity index is 526. The fourth-order valence-electron chi connectivity index (χ4n) is 3.00. The van der Waals surface area contributed by atoms with E-state index in [0.717, 1.165) is 23.3 Å². The van der Waals surface area contributed by atoms with Gasteiger partial charge in [0.05, 0.1) is 25.9 Å². The first-order chi connectivity index (χ1) is 10.7. The van der Waals surface area contributed by atoms with Crippen molar-refractivity contribution in [1.29, 1.82) is 0 Å². The highest BCUT2D eigenvalue weighted by molar-refractivity contribution is 6.04. The van der Waals surface area contributed by atoms with Gasteiger partial charge >= 0.3 is 6.03 Å². The SMILES string of the molecule is O=C1[C@H]2CCCN2C(=O)N1C[C@H](O)COCc1ccccc1. The van der Waals surface area contributed by atoms with E-state index in [-0.39, 0.29) is 31.1 Å². The van der Waals surface area contributed by atoms with Crippen molar-refractivity contribution in [2.45, 2.75) is 31.6 Å². The molecule has 6 nitrogen and oxygen atoms in total. The molecule has 2 heterocycles. The summed E-state index contributed by atoms with van der Waals surface area (Å²) < 4.78 is 5.44. The van der Waals surface area contributed by atoms with Crippen LogP contribution in [-0.4, -0.2) is 58.7 Å². The van der Waals surface area contributed by atoms with E-state index in [1.807, 2.05) is 30.3 Å². The Kier molecular flexibility index (Phi) is 4.40. The van der Waals surface area contributed by atoms with Crippen LogP contribution in [0.25, 0.3) is 0 Å². The Morgan fingerprint density at radius 1 is 1.27 bits per heavy atom. The number of fused-ring (bicyclic) bond motifs is 1. The molecule has 2 fully saturated rings. The van der Waals surface area contributed by atoms with Crippen molar-refractivity contribution in [2.75, 3.05) is 19.7 Å². The van der Waals surface area contributed by atoms with Gasteiger partial charge in [0.25, 0.3) is 5.91 Å². The molecule has 2 aliphatic rings. The molecule has 22 heavy (non-hydrogen) atoms. The summed E-state index contributed by atoms with van der Waals surface area (Å²) in [6.45, 7) is 1.12. The Hall–Kier alpha value is -1.92. The Morgan fingerprint density at radius 3 is 2.77 bits per heavy atom. The third-order valence-electron chi connectivity index (χ3n) is 4.10. The lowest BCUT2D eigenvalue weighted by Crippen LogP contribution is -2.40. The second kappa shape index (κ2) is 6.46. The van der Waals surface area contributed by atoms with Gasteiger partial charge in [-0.25, -0.2) is 4.79 Å². The smallest absolute Gasteiger partial charge is 0.327 e. The predicted octanol–water partition coefficient (Wildman–Crippen LogP) is 0.991. The number of imide groups is 1. The zero-order chi connectivity index (χ0) is 15.5. The number of hydrogen-bond acceptors (Lipinski definition) is 4. The minimum Gasteiger partial charge on any atom is -0.389 e. The van der Waals surface area contributed by atoms with Crippen LogP contribution in [0.3, 0.4) is 0 Å². The molecule has 0 radical (unpaired) electrons. The van der Waals surface area contributed by atoms with Crippen LogP contribution in [0, 0.1) is 0 Å². The second-order valence-corrected chi connectivity index (χ2v) is 5.74. The summed E-state index contributed by atoms with van der Waals surface area (Å²) in [5, 5.41) is 10.00. The number of ether oxygens (including phenoxy) is 1. The van der Waals surface area contributed by atoms with Crippen molar-refractivity contribution in [2.24, 2.45) is 0 Å². The maximum Gasteiger partial charge on any atom is 0.327 e. The normalized spacial score (nSPS) is 22.3. The van der Waals surface area contributed by atoms with Gasteiger partial charge in [0.15, 0.2) is 0 Å². The summed E-state index contributed by atoms with van der Waals surface area (Å²) in [5.41, 5.74) is 1.02.